The van der Waals surface area contributed by atoms with Crippen molar-refractivity contribution >= 4 is 39.9 Å². The quantitative estimate of drug-likeness (QED) is 0.288. The minimum atomic E-state index is -0.891. The number of pyridine rings is 2. The molecule has 37 heavy (non-hydrogen) atoms. The van der Waals surface area contributed by atoms with Crippen molar-refractivity contribution in [2.45, 2.75) is 0 Å². The van der Waals surface area contributed by atoms with Crippen LogP contribution in [-0.2, 0) is 0 Å². The number of amides is 1. The minimum absolute atomic E-state index is 0.181. The Morgan fingerprint density at radius 1 is 1.05 bits per heavy atom. The van der Waals surface area contributed by atoms with Gasteiger partial charge in [-0.25, -0.2) is 23.7 Å². The molecule has 0 saturated carbocycles. The maximum absolute atomic E-state index is 14.9. The third-order valence-corrected chi connectivity index (χ3v) is 5.68. The van der Waals surface area contributed by atoms with Crippen molar-refractivity contribution in [3.05, 3.63) is 99.8 Å². The van der Waals surface area contributed by atoms with Crippen LogP contribution in [0.15, 0.2) is 72.0 Å². The Morgan fingerprint density at radius 3 is 2.57 bits per heavy atom. The monoisotopic (exact) mass is 520 g/mol. The Morgan fingerprint density at radius 2 is 1.84 bits per heavy atom. The predicted molar refractivity (Wildman–Crippen MR) is 133 cm³/mol. The molecule has 0 aliphatic carbocycles. The summed E-state index contributed by atoms with van der Waals surface area (Å²) in [5, 5.41) is 2.92. The van der Waals surface area contributed by atoms with Gasteiger partial charge in [-0.2, -0.15) is 0 Å². The molecule has 0 bridgehead atoms. The van der Waals surface area contributed by atoms with Crippen LogP contribution < -0.4 is 21.2 Å². The van der Waals surface area contributed by atoms with Gasteiger partial charge in [0.25, 0.3) is 5.91 Å². The van der Waals surface area contributed by atoms with Gasteiger partial charge in [0.1, 0.15) is 23.0 Å². The average molecular weight is 521 g/mol. The van der Waals surface area contributed by atoms with E-state index in [1.807, 2.05) is 0 Å². The smallest absolute Gasteiger partial charge is 0.269 e. The number of hydrogen-bond donors (Lipinski definition) is 3. The van der Waals surface area contributed by atoms with Gasteiger partial charge < -0.3 is 20.8 Å². The standard InChI is InChI=1S/C25H15ClF2N6O3/c26-20-21(23(29)36)32-11-33-25(20)37-18-6-5-14(9-16(18)28)34-24-19-17(7-8-30-24)31-10-15(22(19)35)12-1-3-13(27)4-2-12/h1-11H,(H2,29,36)(H,30,34)(H,31,35). The van der Waals surface area contributed by atoms with Crippen molar-refractivity contribution in [1.29, 1.82) is 0 Å². The average Bonchev–Trinajstić information content (AvgIpc) is 2.87. The molecule has 0 aliphatic heterocycles. The number of carbonyl (C=O) groups excluding carboxylic acids is 1. The number of anilines is 2. The highest BCUT2D eigenvalue weighted by Gasteiger charge is 2.18. The molecule has 0 saturated heterocycles. The predicted octanol–water partition coefficient (Wildman–Crippen LogP) is 4.95. The lowest BCUT2D eigenvalue weighted by atomic mass is 10.0. The van der Waals surface area contributed by atoms with Crippen LogP contribution in [0.25, 0.3) is 22.0 Å². The molecule has 1 amide bonds. The number of hydrogen-bond acceptors (Lipinski definition) is 7. The summed E-state index contributed by atoms with van der Waals surface area (Å²) < 4.78 is 33.6. The van der Waals surface area contributed by atoms with Gasteiger partial charge in [-0.15, -0.1) is 0 Å². The fraction of sp³-hybridized carbons (Fsp3) is 0. The molecule has 0 unspecified atom stereocenters. The van der Waals surface area contributed by atoms with Gasteiger partial charge in [0.2, 0.25) is 11.3 Å². The molecule has 184 valence electrons. The molecule has 3 heterocycles. The van der Waals surface area contributed by atoms with Gasteiger partial charge in [-0.3, -0.25) is 9.59 Å². The molecule has 0 fully saturated rings. The van der Waals surface area contributed by atoms with Gasteiger partial charge in [0.15, 0.2) is 17.3 Å². The van der Waals surface area contributed by atoms with Crippen molar-refractivity contribution in [2.75, 3.05) is 5.32 Å². The third kappa shape index (κ3) is 4.67. The number of aromatic amines is 1. The van der Waals surface area contributed by atoms with Gasteiger partial charge in [-0.05, 0) is 35.9 Å². The molecule has 0 radical (unpaired) electrons. The Hall–Kier alpha value is -4.90. The van der Waals surface area contributed by atoms with Crippen LogP contribution in [0.3, 0.4) is 0 Å². The number of ether oxygens (including phenoxy) is 1. The van der Waals surface area contributed by atoms with Crippen LogP contribution in [0.1, 0.15) is 10.5 Å². The van der Waals surface area contributed by atoms with Crippen molar-refractivity contribution in [1.82, 2.24) is 19.9 Å². The zero-order valence-electron chi connectivity index (χ0n) is 18.6. The maximum atomic E-state index is 14.9. The number of nitrogens with two attached hydrogens (primary N) is 1. The van der Waals surface area contributed by atoms with Crippen LogP contribution >= 0.6 is 11.6 Å². The van der Waals surface area contributed by atoms with Gasteiger partial charge in [0, 0.05) is 29.7 Å². The second kappa shape index (κ2) is 9.63. The molecule has 9 nitrogen and oxygen atoms in total. The van der Waals surface area contributed by atoms with Crippen molar-refractivity contribution in [3.8, 4) is 22.8 Å². The maximum Gasteiger partial charge on any atom is 0.269 e. The van der Waals surface area contributed by atoms with E-state index in [2.05, 4.69) is 25.3 Å². The number of H-pyrrole nitrogens is 1. The summed E-state index contributed by atoms with van der Waals surface area (Å²) in [7, 11) is 0. The fourth-order valence-corrected chi connectivity index (χ4v) is 3.83. The van der Waals surface area contributed by atoms with Gasteiger partial charge in [0.05, 0.1) is 10.9 Å². The highest BCUT2D eigenvalue weighted by molar-refractivity contribution is 6.34. The number of nitrogens with zero attached hydrogens (tertiary/aromatic N) is 3. The second-order valence-electron chi connectivity index (χ2n) is 7.70. The molecular weight excluding hydrogens is 506 g/mol. The molecule has 5 rings (SSSR count). The first kappa shape index (κ1) is 23.8. The SMILES string of the molecule is NC(=O)c1ncnc(Oc2ccc(Nc3nccc4[nH]cc(-c5ccc(F)cc5)c(=O)c34)cc2F)c1Cl. The molecule has 0 atom stereocenters. The van der Waals surface area contributed by atoms with E-state index in [1.165, 1.54) is 48.8 Å². The number of fused-ring (bicyclic) bond motifs is 1. The summed E-state index contributed by atoms with van der Waals surface area (Å²) in [6.07, 6.45) is 4.04. The van der Waals surface area contributed by atoms with Crippen molar-refractivity contribution in [2.24, 2.45) is 5.73 Å². The molecule has 3 aromatic heterocycles. The fourth-order valence-electron chi connectivity index (χ4n) is 3.60. The highest BCUT2D eigenvalue weighted by Crippen LogP contribution is 2.32. The Kier molecular flexibility index (Phi) is 6.20. The number of aromatic nitrogens is 4. The third-order valence-electron chi connectivity index (χ3n) is 5.34. The molecule has 5 aromatic rings. The summed E-state index contributed by atoms with van der Waals surface area (Å²) >= 11 is 6.03. The van der Waals surface area contributed by atoms with E-state index in [-0.39, 0.29) is 44.7 Å². The lowest BCUT2D eigenvalue weighted by Crippen LogP contribution is -2.14. The number of rotatable bonds is 6. The van der Waals surface area contributed by atoms with Crippen LogP contribution in [0.5, 0.6) is 11.6 Å². The number of carbonyl (C=O) groups is 1. The first-order valence-electron chi connectivity index (χ1n) is 10.6. The number of nitrogens with one attached hydrogen (secondary N) is 2. The van der Waals surface area contributed by atoms with Crippen LogP contribution in [0.2, 0.25) is 5.02 Å². The minimum Gasteiger partial charge on any atom is -0.434 e. The summed E-state index contributed by atoms with van der Waals surface area (Å²) in [5.41, 5.74) is 6.19. The number of primary amides is 1. The van der Waals surface area contributed by atoms with E-state index in [4.69, 9.17) is 22.1 Å². The summed E-state index contributed by atoms with van der Waals surface area (Å²) in [6, 6.07) is 11.1. The second-order valence-corrected chi connectivity index (χ2v) is 8.08. The van der Waals surface area contributed by atoms with Gasteiger partial charge >= 0.3 is 0 Å². The normalized spacial score (nSPS) is 10.9. The lowest BCUT2D eigenvalue weighted by Gasteiger charge is -2.12. The first-order chi connectivity index (χ1) is 17.8. The van der Waals surface area contributed by atoms with Crippen molar-refractivity contribution < 1.29 is 18.3 Å². The number of benzene rings is 2. The molecule has 0 spiro atoms. The molecule has 2 aromatic carbocycles. The highest BCUT2D eigenvalue weighted by atomic mass is 35.5. The lowest BCUT2D eigenvalue weighted by molar-refractivity contribution is 0.0995. The number of halogens is 3. The van der Waals surface area contributed by atoms with E-state index >= 15 is 0 Å². The first-order valence-corrected chi connectivity index (χ1v) is 11.0. The van der Waals surface area contributed by atoms with E-state index < -0.39 is 17.5 Å². The van der Waals surface area contributed by atoms with E-state index in [9.17, 15) is 18.4 Å². The Balaban J connectivity index is 1.47. The van der Waals surface area contributed by atoms with Crippen LogP contribution in [-0.4, -0.2) is 25.8 Å². The van der Waals surface area contributed by atoms with Crippen molar-refractivity contribution in [3.63, 3.8) is 0 Å². The van der Waals surface area contributed by atoms with E-state index in [0.717, 1.165) is 12.4 Å². The zero-order valence-corrected chi connectivity index (χ0v) is 19.4. The zero-order chi connectivity index (χ0) is 26.1. The topological polar surface area (TPSA) is 136 Å². The summed E-state index contributed by atoms with van der Waals surface area (Å²) in [6.45, 7) is 0. The Bertz CT molecular complexity index is 1730. The van der Waals surface area contributed by atoms with E-state index in [0.29, 0.717) is 16.6 Å². The summed E-state index contributed by atoms with van der Waals surface area (Å²) in [4.78, 5) is 39.5. The molecule has 12 heteroatoms. The summed E-state index contributed by atoms with van der Waals surface area (Å²) in [5.74, 6) is -2.40. The van der Waals surface area contributed by atoms with Crippen LogP contribution in [0, 0.1) is 11.6 Å². The van der Waals surface area contributed by atoms with Crippen LogP contribution in [0.4, 0.5) is 20.3 Å². The van der Waals surface area contributed by atoms with Gasteiger partial charge in [-0.1, -0.05) is 23.7 Å². The Labute approximate surface area is 211 Å². The molecular formula is C25H15ClF2N6O3. The largest absolute Gasteiger partial charge is 0.434 e. The molecule has 4 N–H and O–H groups in total. The molecule has 0 aliphatic rings. The van der Waals surface area contributed by atoms with E-state index in [1.54, 1.807) is 6.07 Å².